The Morgan fingerprint density at radius 2 is 1.95 bits per heavy atom. The largest absolute Gasteiger partial charge is 0.461 e. The molecule has 0 spiro atoms. The lowest BCUT2D eigenvalue weighted by molar-refractivity contribution is -0.137. The highest BCUT2D eigenvalue weighted by Gasteiger charge is 2.36. The van der Waals surface area contributed by atoms with Gasteiger partial charge in [-0.25, -0.2) is 24.3 Å². The van der Waals surface area contributed by atoms with Crippen molar-refractivity contribution in [3.63, 3.8) is 0 Å². The zero-order valence-electron chi connectivity index (χ0n) is 22.0. The fourth-order valence-electron chi connectivity index (χ4n) is 4.29. The van der Waals surface area contributed by atoms with E-state index in [9.17, 15) is 27.6 Å². The summed E-state index contributed by atoms with van der Waals surface area (Å²) in [5.74, 6) is -1.06. The fraction of sp³-hybridized carbons (Fsp3) is 0.385. The molecule has 0 fully saturated rings. The highest BCUT2D eigenvalue weighted by Crippen LogP contribution is 2.35. The van der Waals surface area contributed by atoms with E-state index >= 15 is 0 Å². The number of hydrogen-bond acceptors (Lipinski definition) is 8. The van der Waals surface area contributed by atoms with E-state index in [4.69, 9.17) is 16.3 Å². The lowest BCUT2D eigenvalue weighted by Gasteiger charge is -2.34. The minimum absolute atomic E-state index is 0.0263. The molecule has 1 atom stereocenters. The molecule has 14 heteroatoms. The smallest absolute Gasteiger partial charge is 0.417 e. The molecule has 1 aliphatic rings. The number of carbonyl (C=O) groups is 2. The van der Waals surface area contributed by atoms with Gasteiger partial charge in [0, 0.05) is 23.2 Å². The number of amides is 1. The maximum atomic E-state index is 13.7. The summed E-state index contributed by atoms with van der Waals surface area (Å²) in [6.07, 6.45) is -2.17. The van der Waals surface area contributed by atoms with Gasteiger partial charge >= 0.3 is 12.1 Å². The van der Waals surface area contributed by atoms with E-state index in [2.05, 4.69) is 20.3 Å². The van der Waals surface area contributed by atoms with Crippen molar-refractivity contribution in [2.75, 3.05) is 11.9 Å². The lowest BCUT2D eigenvalue weighted by Crippen LogP contribution is -2.46. The van der Waals surface area contributed by atoms with Crippen LogP contribution in [0.2, 0.25) is 5.02 Å². The average molecular weight is 579 g/mol. The van der Waals surface area contributed by atoms with Gasteiger partial charge in [0.05, 0.1) is 41.8 Å². The van der Waals surface area contributed by atoms with Crippen molar-refractivity contribution < 1.29 is 27.5 Å². The Bertz CT molecular complexity index is 1510. The van der Waals surface area contributed by atoms with Gasteiger partial charge in [0.15, 0.2) is 11.5 Å². The van der Waals surface area contributed by atoms with Crippen molar-refractivity contribution in [1.82, 2.24) is 24.4 Å². The summed E-state index contributed by atoms with van der Waals surface area (Å²) in [6, 6.07) is 2.31. The van der Waals surface area contributed by atoms with Crippen LogP contribution in [0.15, 0.2) is 35.4 Å². The van der Waals surface area contributed by atoms with Crippen LogP contribution >= 0.6 is 11.6 Å². The molecule has 1 aromatic carbocycles. The van der Waals surface area contributed by atoms with Gasteiger partial charge in [-0.3, -0.25) is 9.59 Å². The van der Waals surface area contributed by atoms with Gasteiger partial charge in [-0.1, -0.05) is 11.6 Å². The number of fused-ring (bicyclic) bond motifs is 1. The minimum atomic E-state index is -4.73. The second-order valence-electron chi connectivity index (χ2n) is 9.46. The third-order valence-corrected chi connectivity index (χ3v) is 6.49. The molecule has 212 valence electrons. The van der Waals surface area contributed by atoms with Crippen molar-refractivity contribution in [3.8, 4) is 5.82 Å². The van der Waals surface area contributed by atoms with Crippen LogP contribution in [0.3, 0.4) is 0 Å². The molecule has 0 bridgehead atoms. The van der Waals surface area contributed by atoms with Gasteiger partial charge in [-0.05, 0) is 52.3 Å². The van der Waals surface area contributed by atoms with Gasteiger partial charge in [0.2, 0.25) is 5.95 Å². The zero-order chi connectivity index (χ0) is 29.4. The molecule has 0 radical (unpaired) electrons. The van der Waals surface area contributed by atoms with E-state index in [-0.39, 0.29) is 48.6 Å². The third-order valence-electron chi connectivity index (χ3n) is 6.16. The monoisotopic (exact) mass is 578 g/mol. The third kappa shape index (κ3) is 5.79. The zero-order valence-corrected chi connectivity index (χ0v) is 22.8. The number of benzene rings is 1. The van der Waals surface area contributed by atoms with Crippen molar-refractivity contribution in [2.24, 2.45) is 0 Å². The summed E-state index contributed by atoms with van der Waals surface area (Å²) in [4.78, 5) is 53.2. The number of aromatic nitrogens is 4. The topological polar surface area (TPSA) is 119 Å². The first-order chi connectivity index (χ1) is 18.8. The van der Waals surface area contributed by atoms with Crippen LogP contribution in [0.1, 0.15) is 65.4 Å². The summed E-state index contributed by atoms with van der Waals surface area (Å²) in [5.41, 5.74) is -1.13. The molecule has 0 saturated heterocycles. The van der Waals surface area contributed by atoms with Crippen molar-refractivity contribution in [2.45, 2.75) is 58.9 Å². The Labute approximate surface area is 232 Å². The van der Waals surface area contributed by atoms with Gasteiger partial charge in [0.1, 0.15) is 0 Å². The van der Waals surface area contributed by atoms with E-state index in [1.165, 1.54) is 27.9 Å². The Balaban J connectivity index is 1.73. The first kappa shape index (κ1) is 29.0. The number of alkyl halides is 3. The molecule has 4 rings (SSSR count). The van der Waals surface area contributed by atoms with Crippen molar-refractivity contribution in [3.05, 3.63) is 74.0 Å². The van der Waals surface area contributed by atoms with E-state index in [1.807, 2.05) is 13.8 Å². The normalized spacial score (nSPS) is 15.1. The minimum Gasteiger partial charge on any atom is -0.461 e. The maximum Gasteiger partial charge on any atom is 0.417 e. The Kier molecular flexibility index (Phi) is 8.15. The number of nitrogens with one attached hydrogen (secondary N) is 1. The summed E-state index contributed by atoms with van der Waals surface area (Å²) < 4.78 is 46.3. The van der Waals surface area contributed by atoms with Crippen LogP contribution in [-0.2, 0) is 23.9 Å². The summed E-state index contributed by atoms with van der Waals surface area (Å²) >= 11 is 5.72. The van der Waals surface area contributed by atoms with Gasteiger partial charge < -0.3 is 15.0 Å². The lowest BCUT2D eigenvalue weighted by atomic mass is 9.98. The number of rotatable bonds is 6. The molecule has 0 saturated carbocycles. The van der Waals surface area contributed by atoms with Crippen LogP contribution in [0, 0.1) is 0 Å². The van der Waals surface area contributed by atoms with Gasteiger partial charge in [-0.2, -0.15) is 13.2 Å². The first-order valence-corrected chi connectivity index (χ1v) is 12.8. The van der Waals surface area contributed by atoms with Crippen LogP contribution in [0.4, 0.5) is 19.1 Å². The van der Waals surface area contributed by atoms with E-state index < -0.39 is 40.2 Å². The standard InChI is InChI=1S/C26H26ClF3N6O4/c1-5-40-24(39)19-10-32-21(11-31-19)36-23(38)16-8-14(4)35(12-20(16)34-25(36)33-13(2)3)22(37)15-6-7-18(27)17(9-15)26(28,29)30/h6-7,9-11,13-14H,5,8,12H2,1-4H3,(H,33,34)/t14-/m1/s1. The number of carbonyl (C=O) groups excluding carboxylic acids is 2. The number of halogens is 4. The van der Waals surface area contributed by atoms with Crippen molar-refractivity contribution in [1.29, 1.82) is 0 Å². The predicted molar refractivity (Wildman–Crippen MR) is 140 cm³/mol. The second kappa shape index (κ2) is 11.2. The molecule has 40 heavy (non-hydrogen) atoms. The fourth-order valence-corrected chi connectivity index (χ4v) is 4.51. The highest BCUT2D eigenvalue weighted by atomic mass is 35.5. The van der Waals surface area contributed by atoms with E-state index in [0.717, 1.165) is 12.1 Å². The van der Waals surface area contributed by atoms with E-state index in [0.29, 0.717) is 11.3 Å². The molecular weight excluding hydrogens is 553 g/mol. The van der Waals surface area contributed by atoms with Crippen LogP contribution in [0.25, 0.3) is 5.82 Å². The molecular formula is C26H26ClF3N6O4. The molecule has 3 heterocycles. The van der Waals surface area contributed by atoms with Gasteiger partial charge in [-0.15, -0.1) is 0 Å². The number of hydrogen-bond donors (Lipinski definition) is 1. The molecule has 2 aromatic heterocycles. The molecule has 1 N–H and O–H groups in total. The average Bonchev–Trinajstić information content (AvgIpc) is 2.88. The SMILES string of the molecule is CCOC(=O)c1cnc(-n2c(NC(C)C)nc3c(c2=O)C[C@@H](C)N(C(=O)c2ccc(Cl)c(C(F)(F)F)c2)C3)cn1. The summed E-state index contributed by atoms with van der Waals surface area (Å²) in [7, 11) is 0. The molecule has 1 amide bonds. The van der Waals surface area contributed by atoms with Crippen LogP contribution < -0.4 is 10.9 Å². The van der Waals surface area contributed by atoms with Gasteiger partial charge in [0.25, 0.3) is 11.5 Å². The summed E-state index contributed by atoms with van der Waals surface area (Å²) in [6.45, 7) is 7.09. The number of anilines is 1. The quantitative estimate of drug-likeness (QED) is 0.431. The maximum absolute atomic E-state index is 13.7. The number of ether oxygens (including phenoxy) is 1. The molecule has 0 unspecified atom stereocenters. The Hall–Kier alpha value is -4.00. The number of nitrogens with zero attached hydrogens (tertiary/aromatic N) is 5. The number of esters is 1. The summed E-state index contributed by atoms with van der Waals surface area (Å²) in [5, 5.41) is 2.58. The Morgan fingerprint density at radius 3 is 2.55 bits per heavy atom. The van der Waals surface area contributed by atoms with Crippen LogP contribution in [0.5, 0.6) is 0 Å². The molecule has 1 aliphatic heterocycles. The van der Waals surface area contributed by atoms with Crippen LogP contribution in [-0.4, -0.2) is 55.0 Å². The Morgan fingerprint density at radius 1 is 1.23 bits per heavy atom. The molecule has 10 nitrogen and oxygen atoms in total. The highest BCUT2D eigenvalue weighted by molar-refractivity contribution is 6.31. The van der Waals surface area contributed by atoms with E-state index in [1.54, 1.807) is 13.8 Å². The molecule has 0 aliphatic carbocycles. The second-order valence-corrected chi connectivity index (χ2v) is 9.87. The van der Waals surface area contributed by atoms with Crippen molar-refractivity contribution >= 4 is 29.4 Å². The molecule has 3 aromatic rings. The first-order valence-electron chi connectivity index (χ1n) is 12.4. The predicted octanol–water partition coefficient (Wildman–Crippen LogP) is 4.28.